The molecule has 1 unspecified atom stereocenters. The molecule has 1 aliphatic carbocycles. The van der Waals surface area contributed by atoms with Crippen LogP contribution < -0.4 is 11.1 Å². The van der Waals surface area contributed by atoms with Crippen LogP contribution in [0.4, 0.5) is 0 Å². The third-order valence-corrected chi connectivity index (χ3v) is 4.91. The third kappa shape index (κ3) is 3.94. The van der Waals surface area contributed by atoms with Gasteiger partial charge in [-0.2, -0.15) is 0 Å². The number of hydrogen-bond donors (Lipinski definition) is 2. The summed E-state index contributed by atoms with van der Waals surface area (Å²) in [5.74, 6) is 0.730. The van der Waals surface area contributed by atoms with Gasteiger partial charge in [0.25, 0.3) is 0 Å². The molecule has 1 heterocycles. The molecule has 1 saturated heterocycles. The van der Waals surface area contributed by atoms with Gasteiger partial charge in [0.05, 0.1) is 0 Å². The molecular weight excluding hydrogens is 222 g/mol. The van der Waals surface area contributed by atoms with Crippen molar-refractivity contribution < 1.29 is 0 Å². The molecule has 0 bridgehead atoms. The summed E-state index contributed by atoms with van der Waals surface area (Å²) >= 11 is 0. The van der Waals surface area contributed by atoms with Gasteiger partial charge in [-0.25, -0.2) is 0 Å². The number of likely N-dealkylation sites (tertiary alicyclic amines) is 1. The molecule has 2 aliphatic rings. The number of rotatable bonds is 5. The molecule has 0 aromatic carbocycles. The van der Waals surface area contributed by atoms with E-state index in [-0.39, 0.29) is 0 Å². The lowest BCUT2D eigenvalue weighted by atomic mass is 9.89. The summed E-state index contributed by atoms with van der Waals surface area (Å²) in [4.78, 5) is 2.58. The minimum atomic E-state index is 0.361. The third-order valence-electron chi connectivity index (χ3n) is 4.91. The maximum Gasteiger partial charge on any atom is 0.0194 e. The fourth-order valence-corrected chi connectivity index (χ4v) is 3.46. The first-order valence-corrected chi connectivity index (χ1v) is 7.90. The van der Waals surface area contributed by atoms with Crippen molar-refractivity contribution in [1.29, 1.82) is 0 Å². The molecule has 2 fully saturated rings. The Morgan fingerprint density at radius 3 is 2.28 bits per heavy atom. The molecule has 1 atom stereocenters. The van der Waals surface area contributed by atoms with Gasteiger partial charge in [0.15, 0.2) is 0 Å². The molecule has 0 aromatic heterocycles. The zero-order valence-corrected chi connectivity index (χ0v) is 12.2. The molecule has 2 rings (SSSR count). The summed E-state index contributed by atoms with van der Waals surface area (Å²) in [7, 11) is 0. The van der Waals surface area contributed by atoms with E-state index in [1.165, 1.54) is 51.6 Å². The van der Waals surface area contributed by atoms with Crippen LogP contribution in [0.1, 0.15) is 52.4 Å². The zero-order chi connectivity index (χ0) is 13.0. The first-order chi connectivity index (χ1) is 8.66. The Morgan fingerprint density at radius 1 is 1.11 bits per heavy atom. The summed E-state index contributed by atoms with van der Waals surface area (Å²) in [6.07, 6.45) is 8.09. The molecule has 1 saturated carbocycles. The largest absolute Gasteiger partial charge is 0.326 e. The fourth-order valence-electron chi connectivity index (χ4n) is 3.46. The summed E-state index contributed by atoms with van der Waals surface area (Å²) in [6.45, 7) is 8.08. The second-order valence-electron chi connectivity index (χ2n) is 6.52. The summed E-state index contributed by atoms with van der Waals surface area (Å²) < 4.78 is 0. The molecule has 0 amide bonds. The lowest BCUT2D eigenvalue weighted by Gasteiger charge is -2.37. The molecule has 0 aromatic rings. The smallest absolute Gasteiger partial charge is 0.0194 e. The molecule has 0 spiro atoms. The Hall–Kier alpha value is -0.120. The van der Waals surface area contributed by atoms with E-state index in [0.29, 0.717) is 12.1 Å². The minimum absolute atomic E-state index is 0.361. The van der Waals surface area contributed by atoms with Gasteiger partial charge in [-0.3, -0.25) is 0 Å². The normalized spacial score (nSPS) is 26.0. The van der Waals surface area contributed by atoms with E-state index in [4.69, 9.17) is 5.73 Å². The monoisotopic (exact) mass is 253 g/mol. The number of nitrogens with zero attached hydrogens (tertiary/aromatic N) is 1. The predicted molar refractivity (Wildman–Crippen MR) is 77.7 cm³/mol. The van der Waals surface area contributed by atoms with E-state index in [0.717, 1.165) is 18.5 Å². The number of piperidine rings is 1. The second-order valence-corrected chi connectivity index (χ2v) is 6.52. The van der Waals surface area contributed by atoms with Crippen molar-refractivity contribution in [3.63, 3.8) is 0 Å². The lowest BCUT2D eigenvalue weighted by molar-refractivity contribution is 0.136. The Bertz CT molecular complexity index is 228. The predicted octanol–water partition coefficient (Wildman–Crippen LogP) is 1.97. The van der Waals surface area contributed by atoms with Gasteiger partial charge in [0.1, 0.15) is 0 Å². The Labute approximate surface area is 112 Å². The van der Waals surface area contributed by atoms with E-state index in [9.17, 15) is 0 Å². The maximum absolute atomic E-state index is 6.37. The zero-order valence-electron chi connectivity index (χ0n) is 12.2. The Balaban J connectivity index is 1.65. The summed E-state index contributed by atoms with van der Waals surface area (Å²) in [5, 5.41) is 3.67. The van der Waals surface area contributed by atoms with Crippen LogP contribution in [0, 0.1) is 5.92 Å². The van der Waals surface area contributed by atoms with Gasteiger partial charge in [-0.15, -0.1) is 0 Å². The van der Waals surface area contributed by atoms with E-state index in [1.807, 2.05) is 0 Å². The Kier molecular flexibility index (Phi) is 5.46. The fraction of sp³-hybridized carbons (Fsp3) is 1.00. The van der Waals surface area contributed by atoms with Gasteiger partial charge in [0.2, 0.25) is 0 Å². The van der Waals surface area contributed by atoms with Gasteiger partial charge in [-0.1, -0.05) is 12.8 Å². The minimum Gasteiger partial charge on any atom is -0.326 e. The van der Waals surface area contributed by atoms with Gasteiger partial charge < -0.3 is 16.0 Å². The highest BCUT2D eigenvalue weighted by molar-refractivity contribution is 4.84. The van der Waals surface area contributed by atoms with Crippen LogP contribution >= 0.6 is 0 Å². The standard InChI is InChI=1S/C15H31N3/c1-12(2)18-9-7-13(8-10-18)15(16)11-17-14-5-3-4-6-14/h12-15,17H,3-11,16H2,1-2H3. The molecule has 0 radical (unpaired) electrons. The average molecular weight is 253 g/mol. The number of hydrogen-bond acceptors (Lipinski definition) is 3. The van der Waals surface area contributed by atoms with Crippen molar-refractivity contribution in [2.24, 2.45) is 11.7 Å². The van der Waals surface area contributed by atoms with Crippen LogP contribution in [0.3, 0.4) is 0 Å². The molecule has 18 heavy (non-hydrogen) atoms. The summed E-state index contributed by atoms with van der Waals surface area (Å²) in [6, 6.07) is 1.81. The SMILES string of the molecule is CC(C)N1CCC(C(N)CNC2CCCC2)CC1. The van der Waals surface area contributed by atoms with Crippen molar-refractivity contribution in [2.45, 2.75) is 70.5 Å². The topological polar surface area (TPSA) is 41.3 Å². The van der Waals surface area contributed by atoms with Gasteiger partial charge >= 0.3 is 0 Å². The van der Waals surface area contributed by atoms with Crippen LogP contribution in [-0.4, -0.2) is 42.7 Å². The molecular formula is C15H31N3. The van der Waals surface area contributed by atoms with Crippen LogP contribution in [0.5, 0.6) is 0 Å². The molecule has 3 nitrogen and oxygen atoms in total. The lowest BCUT2D eigenvalue weighted by Crippen LogP contribution is -2.48. The molecule has 3 N–H and O–H groups in total. The molecule has 106 valence electrons. The highest BCUT2D eigenvalue weighted by atomic mass is 15.1. The highest BCUT2D eigenvalue weighted by Crippen LogP contribution is 2.22. The van der Waals surface area contributed by atoms with Gasteiger partial charge in [-0.05, 0) is 58.5 Å². The van der Waals surface area contributed by atoms with Crippen molar-refractivity contribution in [2.75, 3.05) is 19.6 Å². The molecule has 1 aliphatic heterocycles. The van der Waals surface area contributed by atoms with E-state index in [1.54, 1.807) is 0 Å². The second kappa shape index (κ2) is 6.88. The van der Waals surface area contributed by atoms with Crippen molar-refractivity contribution in [1.82, 2.24) is 10.2 Å². The summed E-state index contributed by atoms with van der Waals surface area (Å²) in [5.41, 5.74) is 6.37. The van der Waals surface area contributed by atoms with Crippen LogP contribution in [0.15, 0.2) is 0 Å². The van der Waals surface area contributed by atoms with Crippen molar-refractivity contribution in [3.05, 3.63) is 0 Å². The Morgan fingerprint density at radius 2 is 1.72 bits per heavy atom. The van der Waals surface area contributed by atoms with E-state index in [2.05, 4.69) is 24.1 Å². The number of nitrogens with one attached hydrogen (secondary N) is 1. The quantitative estimate of drug-likeness (QED) is 0.787. The van der Waals surface area contributed by atoms with E-state index < -0.39 is 0 Å². The van der Waals surface area contributed by atoms with Crippen LogP contribution in [0.25, 0.3) is 0 Å². The average Bonchev–Trinajstić information content (AvgIpc) is 2.89. The maximum atomic E-state index is 6.37. The highest BCUT2D eigenvalue weighted by Gasteiger charge is 2.25. The van der Waals surface area contributed by atoms with Crippen molar-refractivity contribution in [3.8, 4) is 0 Å². The van der Waals surface area contributed by atoms with Gasteiger partial charge in [0, 0.05) is 24.7 Å². The first-order valence-electron chi connectivity index (χ1n) is 7.90. The van der Waals surface area contributed by atoms with Crippen molar-refractivity contribution >= 4 is 0 Å². The number of nitrogens with two attached hydrogens (primary N) is 1. The van der Waals surface area contributed by atoms with Crippen LogP contribution in [-0.2, 0) is 0 Å². The first kappa shape index (κ1) is 14.3. The molecule has 3 heteroatoms. The van der Waals surface area contributed by atoms with Crippen LogP contribution in [0.2, 0.25) is 0 Å². The van der Waals surface area contributed by atoms with E-state index >= 15 is 0 Å².